The Bertz CT molecular complexity index is 709. The number of halogens is 2. The summed E-state index contributed by atoms with van der Waals surface area (Å²) in [5, 5.41) is 3.83. The molecule has 0 bridgehead atoms. The molecule has 1 aliphatic heterocycles. The van der Waals surface area contributed by atoms with Crippen LogP contribution in [0.2, 0.25) is 0 Å². The molecule has 9 heteroatoms. The second-order valence-corrected chi connectivity index (χ2v) is 5.32. The third-order valence-corrected chi connectivity index (χ3v) is 3.49. The summed E-state index contributed by atoms with van der Waals surface area (Å²) in [5.41, 5.74) is 6.53. The van der Waals surface area contributed by atoms with Gasteiger partial charge in [0.15, 0.2) is 5.96 Å². The number of benzene rings is 1. The lowest BCUT2D eigenvalue weighted by Crippen LogP contribution is -2.47. The van der Waals surface area contributed by atoms with Gasteiger partial charge in [0.05, 0.1) is 12.7 Å². The average molecular weight is 447 g/mol. The van der Waals surface area contributed by atoms with Crippen molar-refractivity contribution < 1.29 is 13.7 Å². The van der Waals surface area contributed by atoms with E-state index in [1.54, 1.807) is 12.1 Å². The smallest absolute Gasteiger partial charge is 0.248 e. The number of nitrogens with two attached hydrogens (primary N) is 1. The van der Waals surface area contributed by atoms with Crippen LogP contribution in [0.5, 0.6) is 0 Å². The summed E-state index contributed by atoms with van der Waals surface area (Å²) >= 11 is 0. The largest absolute Gasteiger partial charge is 0.375 e. The molecule has 1 aromatic carbocycles. The fraction of sp³-hybridized carbons (Fsp3) is 0.400. The second-order valence-electron chi connectivity index (χ2n) is 5.32. The molecular weight excluding hydrogens is 428 g/mol. The molecule has 0 saturated carbocycles. The van der Waals surface area contributed by atoms with Crippen molar-refractivity contribution in [1.82, 2.24) is 15.0 Å². The van der Waals surface area contributed by atoms with E-state index in [1.807, 2.05) is 11.8 Å². The first-order chi connectivity index (χ1) is 11.1. The lowest BCUT2D eigenvalue weighted by Gasteiger charge is -2.31. The lowest BCUT2D eigenvalue weighted by atomic mass is 10.2. The minimum absolute atomic E-state index is 0. The molecule has 2 aromatic rings. The normalized spacial score (nSPS) is 18.3. The Labute approximate surface area is 156 Å². The van der Waals surface area contributed by atoms with Gasteiger partial charge in [-0.25, -0.2) is 9.38 Å². The molecule has 130 valence electrons. The lowest BCUT2D eigenvalue weighted by molar-refractivity contribution is 0.00527. The summed E-state index contributed by atoms with van der Waals surface area (Å²) < 4.78 is 23.8. The van der Waals surface area contributed by atoms with Crippen LogP contribution in [0.4, 0.5) is 4.39 Å². The minimum atomic E-state index is -0.349. The van der Waals surface area contributed by atoms with Gasteiger partial charge in [-0.2, -0.15) is 4.98 Å². The van der Waals surface area contributed by atoms with Crippen LogP contribution in [0, 0.1) is 5.82 Å². The first-order valence-corrected chi connectivity index (χ1v) is 7.37. The zero-order valence-corrected chi connectivity index (χ0v) is 15.5. The number of nitrogens with zero attached hydrogens (tertiary/aromatic N) is 4. The number of rotatable bonds is 3. The van der Waals surface area contributed by atoms with Gasteiger partial charge in [0, 0.05) is 18.7 Å². The van der Waals surface area contributed by atoms with Crippen molar-refractivity contribution >= 4 is 29.9 Å². The molecular formula is C15H19FIN5O2. The van der Waals surface area contributed by atoms with Gasteiger partial charge >= 0.3 is 0 Å². The van der Waals surface area contributed by atoms with Crippen molar-refractivity contribution in [2.45, 2.75) is 19.6 Å². The zero-order chi connectivity index (χ0) is 16.2. The molecule has 2 N–H and O–H groups in total. The van der Waals surface area contributed by atoms with Crippen molar-refractivity contribution in [3.63, 3.8) is 0 Å². The summed E-state index contributed by atoms with van der Waals surface area (Å²) in [6.07, 6.45) is 0.125. The molecule has 7 nitrogen and oxygen atoms in total. The first-order valence-electron chi connectivity index (χ1n) is 7.37. The maximum Gasteiger partial charge on any atom is 0.248 e. The van der Waals surface area contributed by atoms with Gasteiger partial charge in [-0.15, -0.1) is 24.0 Å². The number of ether oxygens (including phenoxy) is 1. The Morgan fingerprint density at radius 2 is 2.33 bits per heavy atom. The molecule has 1 aliphatic rings. The number of guanidine groups is 1. The van der Waals surface area contributed by atoms with E-state index in [4.69, 9.17) is 15.0 Å². The van der Waals surface area contributed by atoms with Crippen molar-refractivity contribution in [2.75, 3.05) is 19.7 Å². The van der Waals surface area contributed by atoms with E-state index in [1.165, 1.54) is 12.1 Å². The third-order valence-electron chi connectivity index (χ3n) is 3.49. The Hall–Kier alpha value is -1.75. The molecule has 1 unspecified atom stereocenters. The van der Waals surface area contributed by atoms with Gasteiger partial charge in [-0.3, -0.25) is 0 Å². The van der Waals surface area contributed by atoms with E-state index in [9.17, 15) is 4.39 Å². The predicted molar refractivity (Wildman–Crippen MR) is 97.4 cm³/mol. The van der Waals surface area contributed by atoms with Gasteiger partial charge in [0.25, 0.3) is 0 Å². The number of morpholine rings is 1. The molecule has 1 saturated heterocycles. The highest BCUT2D eigenvalue weighted by atomic mass is 127. The van der Waals surface area contributed by atoms with Gasteiger partial charge < -0.3 is 19.9 Å². The topological polar surface area (TPSA) is 89.8 Å². The number of hydrogen-bond donors (Lipinski definition) is 1. The Morgan fingerprint density at radius 1 is 1.50 bits per heavy atom. The van der Waals surface area contributed by atoms with E-state index in [2.05, 4.69) is 15.1 Å². The van der Waals surface area contributed by atoms with Crippen LogP contribution >= 0.6 is 24.0 Å². The van der Waals surface area contributed by atoms with E-state index in [-0.39, 0.29) is 42.4 Å². The Morgan fingerprint density at radius 3 is 3.08 bits per heavy atom. The minimum Gasteiger partial charge on any atom is -0.375 e. The molecule has 24 heavy (non-hydrogen) atoms. The predicted octanol–water partition coefficient (Wildman–Crippen LogP) is 2.03. The van der Waals surface area contributed by atoms with E-state index in [0.29, 0.717) is 42.9 Å². The van der Waals surface area contributed by atoms with E-state index in [0.717, 1.165) is 0 Å². The Kier molecular flexibility index (Phi) is 6.49. The van der Waals surface area contributed by atoms with Gasteiger partial charge in [-0.1, -0.05) is 17.3 Å². The van der Waals surface area contributed by atoms with E-state index >= 15 is 0 Å². The van der Waals surface area contributed by atoms with Crippen LogP contribution < -0.4 is 5.73 Å². The molecule has 0 aliphatic carbocycles. The SMILES string of the molecule is CC1CN(C(N)=NCc2nc(-c3cccc(F)c3)no2)CCO1.I. The second kappa shape index (κ2) is 8.38. The average Bonchev–Trinajstić information content (AvgIpc) is 3.01. The van der Waals surface area contributed by atoms with Gasteiger partial charge in [0.2, 0.25) is 11.7 Å². The van der Waals surface area contributed by atoms with Crippen LogP contribution in [-0.4, -0.2) is 46.8 Å². The molecule has 0 amide bonds. The number of aromatic nitrogens is 2. The quantitative estimate of drug-likeness (QED) is 0.440. The highest BCUT2D eigenvalue weighted by Crippen LogP contribution is 2.17. The highest BCUT2D eigenvalue weighted by Gasteiger charge is 2.18. The molecule has 1 fully saturated rings. The monoisotopic (exact) mass is 447 g/mol. The summed E-state index contributed by atoms with van der Waals surface area (Å²) in [6.45, 7) is 4.20. The molecule has 0 spiro atoms. The number of aliphatic imine (C=N–C) groups is 1. The summed E-state index contributed by atoms with van der Waals surface area (Å²) in [7, 11) is 0. The summed E-state index contributed by atoms with van der Waals surface area (Å²) in [6, 6.07) is 6.01. The third kappa shape index (κ3) is 4.63. The van der Waals surface area contributed by atoms with Crippen LogP contribution in [0.1, 0.15) is 12.8 Å². The summed E-state index contributed by atoms with van der Waals surface area (Å²) in [5.74, 6) is 0.727. The summed E-state index contributed by atoms with van der Waals surface area (Å²) in [4.78, 5) is 10.4. The van der Waals surface area contributed by atoms with Crippen LogP contribution in [0.25, 0.3) is 11.4 Å². The Balaban J connectivity index is 0.00000208. The highest BCUT2D eigenvalue weighted by molar-refractivity contribution is 14.0. The first kappa shape index (κ1) is 18.6. The van der Waals surface area contributed by atoms with Crippen LogP contribution in [-0.2, 0) is 11.3 Å². The number of hydrogen-bond acceptors (Lipinski definition) is 5. The fourth-order valence-corrected chi connectivity index (χ4v) is 2.34. The standard InChI is InChI=1S/C15H18FN5O2.HI/c1-10-9-21(5-6-22-10)15(17)18-8-13-19-14(20-23-13)11-3-2-4-12(16)7-11;/h2-4,7,10H,5-6,8-9H2,1H3,(H2,17,18);1H. The molecule has 3 rings (SSSR count). The van der Waals surface area contributed by atoms with Crippen LogP contribution in [0.3, 0.4) is 0 Å². The van der Waals surface area contributed by atoms with Gasteiger partial charge in [-0.05, 0) is 19.1 Å². The van der Waals surface area contributed by atoms with Crippen molar-refractivity contribution in [3.8, 4) is 11.4 Å². The maximum atomic E-state index is 13.2. The molecule has 1 atom stereocenters. The van der Waals surface area contributed by atoms with E-state index < -0.39 is 0 Å². The van der Waals surface area contributed by atoms with Crippen molar-refractivity contribution in [3.05, 3.63) is 36.0 Å². The molecule has 1 aromatic heterocycles. The van der Waals surface area contributed by atoms with Crippen molar-refractivity contribution in [2.24, 2.45) is 10.7 Å². The molecule has 2 heterocycles. The van der Waals surface area contributed by atoms with Crippen LogP contribution in [0.15, 0.2) is 33.8 Å². The van der Waals surface area contributed by atoms with Gasteiger partial charge in [0.1, 0.15) is 12.4 Å². The fourth-order valence-electron chi connectivity index (χ4n) is 2.34. The maximum absolute atomic E-state index is 13.2. The van der Waals surface area contributed by atoms with Crippen molar-refractivity contribution in [1.29, 1.82) is 0 Å². The molecule has 0 radical (unpaired) electrons. The zero-order valence-electron chi connectivity index (χ0n) is 13.2.